The summed E-state index contributed by atoms with van der Waals surface area (Å²) in [5.74, 6) is -0.433. The lowest BCUT2D eigenvalue weighted by Crippen LogP contribution is -2.35. The summed E-state index contributed by atoms with van der Waals surface area (Å²) in [5.41, 5.74) is 3.10. The van der Waals surface area contributed by atoms with Gasteiger partial charge in [0.2, 0.25) is 0 Å². The summed E-state index contributed by atoms with van der Waals surface area (Å²) in [6.07, 6.45) is 1.62. The van der Waals surface area contributed by atoms with E-state index in [0.717, 1.165) is 17.7 Å². The number of hydrogen-bond acceptors (Lipinski definition) is 3. The van der Waals surface area contributed by atoms with Crippen LogP contribution in [0.25, 0.3) is 0 Å². The maximum absolute atomic E-state index is 12.2. The van der Waals surface area contributed by atoms with Crippen molar-refractivity contribution in [3.05, 3.63) is 35.4 Å². The molecule has 3 nitrogen and oxygen atoms in total. The summed E-state index contributed by atoms with van der Waals surface area (Å²) in [6, 6.07) is 8.24. The molecule has 0 amide bonds. The Balaban J connectivity index is 2.46. The van der Waals surface area contributed by atoms with Crippen LogP contribution in [0.1, 0.15) is 45.2 Å². The zero-order valence-electron chi connectivity index (χ0n) is 12.8. The van der Waals surface area contributed by atoms with Crippen LogP contribution in [0.5, 0.6) is 0 Å². The highest BCUT2D eigenvalue weighted by Crippen LogP contribution is 2.30. The van der Waals surface area contributed by atoms with Crippen molar-refractivity contribution in [2.45, 2.75) is 46.1 Å². The van der Waals surface area contributed by atoms with Crippen LogP contribution in [0.2, 0.25) is 0 Å². The summed E-state index contributed by atoms with van der Waals surface area (Å²) in [5, 5.41) is 0. The first-order valence-corrected chi connectivity index (χ1v) is 7.33. The van der Waals surface area contributed by atoms with Crippen LogP contribution in [0, 0.1) is 5.92 Å². The number of hydrogen-bond donors (Lipinski definition) is 0. The van der Waals surface area contributed by atoms with Crippen LogP contribution >= 0.6 is 0 Å². The van der Waals surface area contributed by atoms with Crippen LogP contribution < -0.4 is 0 Å². The van der Waals surface area contributed by atoms with Gasteiger partial charge in [-0.1, -0.05) is 31.2 Å². The Bertz CT molecular complexity index is 532. The van der Waals surface area contributed by atoms with Crippen LogP contribution in [0.4, 0.5) is 0 Å². The van der Waals surface area contributed by atoms with Crippen LogP contribution in [0.15, 0.2) is 29.3 Å². The summed E-state index contributed by atoms with van der Waals surface area (Å²) in [7, 11) is 0. The molecule has 2 rings (SSSR count). The molecule has 20 heavy (non-hydrogen) atoms. The van der Waals surface area contributed by atoms with Crippen LogP contribution in [-0.4, -0.2) is 23.8 Å². The van der Waals surface area contributed by atoms with Crippen molar-refractivity contribution < 1.29 is 9.53 Å². The normalized spacial score (nSPS) is 17.9. The van der Waals surface area contributed by atoms with Gasteiger partial charge in [-0.15, -0.1) is 0 Å². The zero-order valence-corrected chi connectivity index (χ0v) is 12.8. The van der Waals surface area contributed by atoms with Gasteiger partial charge in [-0.05, 0) is 44.7 Å². The van der Waals surface area contributed by atoms with Gasteiger partial charge in [0.25, 0.3) is 0 Å². The molecule has 0 bridgehead atoms. The molecule has 0 saturated heterocycles. The Hall–Kier alpha value is -1.64. The summed E-state index contributed by atoms with van der Waals surface area (Å²) in [6.45, 7) is 8.48. The number of fused-ring (bicyclic) bond motifs is 1. The third-order valence-electron chi connectivity index (χ3n) is 3.65. The Morgan fingerprint density at radius 1 is 1.35 bits per heavy atom. The minimum absolute atomic E-state index is 0.163. The number of rotatable bonds is 4. The largest absolute Gasteiger partial charge is 0.465 e. The van der Waals surface area contributed by atoms with Gasteiger partial charge in [0, 0.05) is 0 Å². The monoisotopic (exact) mass is 273 g/mol. The van der Waals surface area contributed by atoms with Crippen molar-refractivity contribution in [3.8, 4) is 0 Å². The summed E-state index contributed by atoms with van der Waals surface area (Å²) < 4.78 is 5.21. The van der Waals surface area contributed by atoms with Crippen molar-refractivity contribution in [3.63, 3.8) is 0 Å². The molecule has 0 N–H and O–H groups in total. The Kier molecular flexibility index (Phi) is 4.26. The predicted molar refractivity (Wildman–Crippen MR) is 81.2 cm³/mol. The number of carbonyl (C=O) groups excluding carboxylic acids is 1. The van der Waals surface area contributed by atoms with Gasteiger partial charge < -0.3 is 4.74 Å². The molecule has 0 fully saturated rings. The lowest BCUT2D eigenvalue weighted by Gasteiger charge is -2.31. The second-order valence-electron chi connectivity index (χ2n) is 5.86. The molecule has 0 saturated carbocycles. The van der Waals surface area contributed by atoms with Gasteiger partial charge in [0.15, 0.2) is 0 Å². The molecule has 1 aromatic carbocycles. The molecule has 1 atom stereocenters. The molecule has 1 aliphatic heterocycles. The second kappa shape index (κ2) is 5.78. The molecule has 1 aliphatic rings. The highest BCUT2D eigenvalue weighted by molar-refractivity contribution is 6.13. The summed E-state index contributed by atoms with van der Waals surface area (Å²) in [4.78, 5) is 17.0. The lowest BCUT2D eigenvalue weighted by atomic mass is 9.82. The van der Waals surface area contributed by atoms with Crippen molar-refractivity contribution in [1.82, 2.24) is 0 Å². The van der Waals surface area contributed by atoms with Crippen molar-refractivity contribution >= 4 is 11.7 Å². The van der Waals surface area contributed by atoms with E-state index in [1.54, 1.807) is 0 Å². The smallest absolute Gasteiger partial charge is 0.315 e. The molecule has 3 heteroatoms. The first kappa shape index (κ1) is 14.8. The van der Waals surface area contributed by atoms with Gasteiger partial charge >= 0.3 is 5.97 Å². The number of nitrogens with zero attached hydrogens (tertiary/aromatic N) is 1. The van der Waals surface area contributed by atoms with Gasteiger partial charge in [-0.25, -0.2) is 0 Å². The van der Waals surface area contributed by atoms with E-state index in [9.17, 15) is 4.79 Å². The van der Waals surface area contributed by atoms with Crippen molar-refractivity contribution in [2.75, 3.05) is 6.61 Å². The molecular weight excluding hydrogens is 250 g/mol. The maximum Gasteiger partial charge on any atom is 0.315 e. The summed E-state index contributed by atoms with van der Waals surface area (Å²) >= 11 is 0. The fourth-order valence-corrected chi connectivity index (χ4v) is 2.80. The Labute approximate surface area is 121 Å². The van der Waals surface area contributed by atoms with Crippen LogP contribution in [-0.2, 0) is 16.0 Å². The number of aliphatic imine (C=N–C) groups is 1. The van der Waals surface area contributed by atoms with E-state index in [2.05, 4.69) is 26.0 Å². The maximum atomic E-state index is 12.2. The fourth-order valence-electron chi connectivity index (χ4n) is 2.80. The SMILES string of the molecule is CCOC(=O)C(CC)C1=NC(C)(C)Cc2ccccc21. The van der Waals surface area contributed by atoms with Crippen molar-refractivity contribution in [2.24, 2.45) is 10.9 Å². The van der Waals surface area contributed by atoms with Gasteiger partial charge in [-0.3, -0.25) is 9.79 Å². The Morgan fingerprint density at radius 2 is 2.05 bits per heavy atom. The molecule has 0 spiro atoms. The van der Waals surface area contributed by atoms with E-state index < -0.39 is 0 Å². The highest BCUT2D eigenvalue weighted by atomic mass is 16.5. The zero-order chi connectivity index (χ0) is 14.8. The molecule has 0 radical (unpaired) electrons. The molecule has 1 heterocycles. The molecule has 1 aromatic rings. The molecular formula is C17H23NO2. The lowest BCUT2D eigenvalue weighted by molar-refractivity contribution is -0.145. The van der Waals surface area contributed by atoms with Crippen molar-refractivity contribution in [1.29, 1.82) is 0 Å². The molecule has 108 valence electrons. The number of benzene rings is 1. The first-order valence-electron chi connectivity index (χ1n) is 7.33. The minimum Gasteiger partial charge on any atom is -0.465 e. The van der Waals surface area contributed by atoms with E-state index in [-0.39, 0.29) is 17.4 Å². The highest BCUT2D eigenvalue weighted by Gasteiger charge is 2.33. The second-order valence-corrected chi connectivity index (χ2v) is 5.86. The number of ether oxygens (including phenoxy) is 1. The predicted octanol–water partition coefficient (Wildman–Crippen LogP) is 3.40. The standard InChI is InChI=1S/C17H23NO2/c1-5-13(16(19)20-6-2)15-14-10-8-7-9-12(14)11-17(3,4)18-15/h7-10,13H,5-6,11H2,1-4H3. The van der Waals surface area contributed by atoms with Gasteiger partial charge in [0.05, 0.1) is 23.8 Å². The average molecular weight is 273 g/mol. The topological polar surface area (TPSA) is 38.7 Å². The number of carbonyl (C=O) groups is 1. The van der Waals surface area contributed by atoms with E-state index >= 15 is 0 Å². The van der Waals surface area contributed by atoms with E-state index in [0.29, 0.717) is 13.0 Å². The van der Waals surface area contributed by atoms with Crippen LogP contribution in [0.3, 0.4) is 0 Å². The first-order chi connectivity index (χ1) is 9.48. The van der Waals surface area contributed by atoms with E-state index in [4.69, 9.17) is 9.73 Å². The molecule has 1 unspecified atom stereocenters. The number of esters is 1. The van der Waals surface area contributed by atoms with E-state index in [1.807, 2.05) is 26.0 Å². The Morgan fingerprint density at radius 3 is 2.70 bits per heavy atom. The fraction of sp³-hybridized carbons (Fsp3) is 0.529. The molecule has 0 aliphatic carbocycles. The van der Waals surface area contributed by atoms with Gasteiger partial charge in [-0.2, -0.15) is 0 Å². The van der Waals surface area contributed by atoms with Gasteiger partial charge in [0.1, 0.15) is 0 Å². The third-order valence-corrected chi connectivity index (χ3v) is 3.65. The van der Waals surface area contributed by atoms with E-state index in [1.165, 1.54) is 5.56 Å². The molecule has 0 aromatic heterocycles. The minimum atomic E-state index is -0.268. The average Bonchev–Trinajstić information content (AvgIpc) is 2.38. The quantitative estimate of drug-likeness (QED) is 0.789. The third kappa shape index (κ3) is 2.92.